The summed E-state index contributed by atoms with van der Waals surface area (Å²) in [4.78, 5) is 25.5. The molecular formula is C20H22N4O3. The van der Waals surface area contributed by atoms with Gasteiger partial charge in [-0.05, 0) is 37.8 Å². The molecule has 1 amide bonds. The van der Waals surface area contributed by atoms with Crippen molar-refractivity contribution < 1.29 is 9.53 Å². The van der Waals surface area contributed by atoms with Crippen LogP contribution in [0.2, 0.25) is 0 Å². The van der Waals surface area contributed by atoms with Gasteiger partial charge in [-0.2, -0.15) is 5.10 Å². The Morgan fingerprint density at radius 2 is 2.00 bits per heavy atom. The molecule has 0 saturated carbocycles. The van der Waals surface area contributed by atoms with E-state index in [1.54, 1.807) is 36.2 Å². The number of fused-ring (bicyclic) bond motifs is 3. The molecule has 1 aromatic carbocycles. The maximum atomic E-state index is 13.0. The fraction of sp³-hybridized carbons (Fsp3) is 0.350. The van der Waals surface area contributed by atoms with Crippen LogP contribution < -0.4 is 15.6 Å². The number of hydrogen-bond acceptors (Lipinski definition) is 4. The minimum absolute atomic E-state index is 0.0622. The van der Waals surface area contributed by atoms with E-state index >= 15 is 0 Å². The topological polar surface area (TPSA) is 77.6 Å². The fourth-order valence-electron chi connectivity index (χ4n) is 3.65. The van der Waals surface area contributed by atoms with E-state index in [-0.39, 0.29) is 18.0 Å². The molecule has 2 heterocycles. The van der Waals surface area contributed by atoms with Crippen molar-refractivity contribution in [3.8, 4) is 5.75 Å². The first-order chi connectivity index (χ1) is 13.2. The molecule has 2 aromatic heterocycles. The van der Waals surface area contributed by atoms with E-state index in [1.165, 1.54) is 4.57 Å². The average molecular weight is 366 g/mol. The Labute approximate surface area is 156 Å². The predicted molar refractivity (Wildman–Crippen MR) is 102 cm³/mol. The Morgan fingerprint density at radius 1 is 1.19 bits per heavy atom. The van der Waals surface area contributed by atoms with Gasteiger partial charge in [0, 0.05) is 18.0 Å². The van der Waals surface area contributed by atoms with Gasteiger partial charge in [-0.15, -0.1) is 0 Å². The Bertz CT molecular complexity index is 1050. The van der Waals surface area contributed by atoms with E-state index in [1.807, 2.05) is 12.1 Å². The first kappa shape index (κ1) is 17.3. The van der Waals surface area contributed by atoms with Crippen LogP contribution in [0, 0.1) is 0 Å². The third-order valence-electron chi connectivity index (χ3n) is 4.98. The van der Waals surface area contributed by atoms with Crippen LogP contribution in [0.15, 0.2) is 41.5 Å². The molecule has 27 heavy (non-hydrogen) atoms. The van der Waals surface area contributed by atoms with Gasteiger partial charge in [-0.3, -0.25) is 9.59 Å². The largest absolute Gasteiger partial charge is 0.495 e. The quantitative estimate of drug-likeness (QED) is 0.720. The highest BCUT2D eigenvalue weighted by Crippen LogP contribution is 2.23. The van der Waals surface area contributed by atoms with Crippen molar-refractivity contribution in [1.29, 1.82) is 0 Å². The number of nitrogens with one attached hydrogen (secondary N) is 1. The number of aryl methyl sites for hydroxylation is 2. The van der Waals surface area contributed by atoms with Crippen molar-refractivity contribution in [1.82, 2.24) is 14.2 Å². The third-order valence-corrected chi connectivity index (χ3v) is 4.98. The zero-order valence-electron chi connectivity index (χ0n) is 15.3. The van der Waals surface area contributed by atoms with E-state index in [0.717, 1.165) is 43.4 Å². The minimum Gasteiger partial charge on any atom is -0.495 e. The van der Waals surface area contributed by atoms with Gasteiger partial charge in [0.1, 0.15) is 17.8 Å². The molecule has 7 nitrogen and oxygen atoms in total. The van der Waals surface area contributed by atoms with Crippen LogP contribution in [0.4, 0.5) is 5.69 Å². The lowest BCUT2D eigenvalue weighted by molar-refractivity contribution is -0.116. The van der Waals surface area contributed by atoms with Crippen LogP contribution in [0.5, 0.6) is 5.75 Å². The van der Waals surface area contributed by atoms with Crippen molar-refractivity contribution in [2.24, 2.45) is 0 Å². The normalized spacial score (nSPS) is 13.8. The summed E-state index contributed by atoms with van der Waals surface area (Å²) in [5.41, 5.74) is 3.05. The van der Waals surface area contributed by atoms with Crippen LogP contribution in [-0.2, 0) is 24.2 Å². The summed E-state index contributed by atoms with van der Waals surface area (Å²) in [5.74, 6) is 0.298. The SMILES string of the molecule is COc1ccccc1NC(=O)Cn1ccn2nc3c(c2c1=O)CCCCC3. The number of benzene rings is 1. The maximum absolute atomic E-state index is 13.0. The standard InChI is InChI=1S/C20H22N4O3/c1-27-17-10-6-5-9-16(17)21-18(25)13-23-11-12-24-19(20(23)26)14-7-3-2-4-8-15(14)22-24/h5-6,9-12H,2-4,7-8,13H2,1H3,(H,21,25). The third kappa shape index (κ3) is 3.32. The molecular weight excluding hydrogens is 344 g/mol. The molecule has 140 valence electrons. The van der Waals surface area contributed by atoms with E-state index in [4.69, 9.17) is 4.74 Å². The molecule has 0 unspecified atom stereocenters. The van der Waals surface area contributed by atoms with Gasteiger partial charge in [0.15, 0.2) is 0 Å². The molecule has 0 spiro atoms. The van der Waals surface area contributed by atoms with Gasteiger partial charge in [-0.25, -0.2) is 4.52 Å². The number of anilines is 1. The number of nitrogens with zero attached hydrogens (tertiary/aromatic N) is 3. The monoisotopic (exact) mass is 366 g/mol. The summed E-state index contributed by atoms with van der Waals surface area (Å²) in [6.07, 6.45) is 8.47. The second-order valence-electron chi connectivity index (χ2n) is 6.76. The molecule has 0 radical (unpaired) electrons. The van der Waals surface area contributed by atoms with Crippen molar-refractivity contribution >= 4 is 17.1 Å². The number of methoxy groups -OCH3 is 1. The molecule has 7 heteroatoms. The summed E-state index contributed by atoms with van der Waals surface area (Å²) < 4.78 is 8.34. The van der Waals surface area contributed by atoms with Gasteiger partial charge in [-0.1, -0.05) is 18.6 Å². The summed E-state index contributed by atoms with van der Waals surface area (Å²) in [6, 6.07) is 7.19. The Morgan fingerprint density at radius 3 is 2.85 bits per heavy atom. The number of amides is 1. The van der Waals surface area contributed by atoms with Crippen LogP contribution in [0.1, 0.15) is 30.5 Å². The van der Waals surface area contributed by atoms with Crippen molar-refractivity contribution in [3.63, 3.8) is 0 Å². The number of rotatable bonds is 4. The first-order valence-electron chi connectivity index (χ1n) is 9.20. The summed E-state index contributed by atoms with van der Waals surface area (Å²) in [5, 5.41) is 7.38. The molecule has 0 fully saturated rings. The Hall–Kier alpha value is -3.09. The van der Waals surface area contributed by atoms with E-state index in [2.05, 4.69) is 10.4 Å². The molecule has 1 N–H and O–H groups in total. The summed E-state index contributed by atoms with van der Waals surface area (Å²) in [6.45, 7) is -0.0622. The van der Waals surface area contributed by atoms with Crippen molar-refractivity contribution in [2.75, 3.05) is 12.4 Å². The van der Waals surface area contributed by atoms with Gasteiger partial charge >= 0.3 is 0 Å². The lowest BCUT2D eigenvalue weighted by atomic mass is 10.1. The zero-order chi connectivity index (χ0) is 18.8. The maximum Gasteiger partial charge on any atom is 0.277 e. The van der Waals surface area contributed by atoms with Gasteiger partial charge in [0.05, 0.1) is 18.5 Å². The first-order valence-corrected chi connectivity index (χ1v) is 9.20. The number of hydrogen-bond donors (Lipinski definition) is 1. The molecule has 0 saturated heterocycles. The Kier molecular flexibility index (Phi) is 4.66. The number of ether oxygens (including phenoxy) is 1. The lowest BCUT2D eigenvalue weighted by Crippen LogP contribution is -2.28. The molecule has 0 aliphatic heterocycles. The average Bonchev–Trinajstić information content (AvgIpc) is 2.87. The second kappa shape index (κ2) is 7.26. The highest BCUT2D eigenvalue weighted by Gasteiger charge is 2.19. The van der Waals surface area contributed by atoms with Gasteiger partial charge < -0.3 is 14.6 Å². The van der Waals surface area contributed by atoms with Gasteiger partial charge in [0.25, 0.3) is 5.56 Å². The molecule has 1 aliphatic carbocycles. The Balaban J connectivity index is 1.62. The zero-order valence-corrected chi connectivity index (χ0v) is 15.3. The lowest BCUT2D eigenvalue weighted by Gasteiger charge is -2.11. The second-order valence-corrected chi connectivity index (χ2v) is 6.76. The van der Waals surface area contributed by atoms with Gasteiger partial charge in [0.2, 0.25) is 5.91 Å². The summed E-state index contributed by atoms with van der Waals surface area (Å²) in [7, 11) is 1.55. The van der Waals surface area contributed by atoms with Crippen molar-refractivity contribution in [2.45, 2.75) is 38.6 Å². The predicted octanol–water partition coefficient (Wildman–Crippen LogP) is 2.41. The number of carbonyl (C=O) groups excluding carboxylic acids is 1. The number of aromatic nitrogens is 3. The highest BCUT2D eigenvalue weighted by atomic mass is 16.5. The highest BCUT2D eigenvalue weighted by molar-refractivity contribution is 5.92. The number of para-hydroxylation sites is 2. The van der Waals surface area contributed by atoms with Crippen molar-refractivity contribution in [3.05, 3.63) is 58.3 Å². The van der Waals surface area contributed by atoms with Crippen LogP contribution in [0.3, 0.4) is 0 Å². The summed E-state index contributed by atoms with van der Waals surface area (Å²) >= 11 is 0. The molecule has 3 aromatic rings. The fourth-order valence-corrected chi connectivity index (χ4v) is 3.65. The number of carbonyl (C=O) groups is 1. The molecule has 0 bridgehead atoms. The molecule has 4 rings (SSSR count). The van der Waals surface area contributed by atoms with E-state index in [9.17, 15) is 9.59 Å². The van der Waals surface area contributed by atoms with Crippen LogP contribution >= 0.6 is 0 Å². The molecule has 1 aliphatic rings. The van der Waals surface area contributed by atoms with E-state index in [0.29, 0.717) is 17.0 Å². The van der Waals surface area contributed by atoms with Crippen LogP contribution in [-0.4, -0.2) is 27.2 Å². The van der Waals surface area contributed by atoms with E-state index < -0.39 is 0 Å². The smallest absolute Gasteiger partial charge is 0.277 e. The minimum atomic E-state index is -0.281. The van der Waals surface area contributed by atoms with Crippen LogP contribution in [0.25, 0.3) is 5.52 Å². The molecule has 0 atom stereocenters.